The molecule has 0 spiro atoms. The molecule has 6 heteroatoms. The predicted molar refractivity (Wildman–Crippen MR) is 99.4 cm³/mol. The van der Waals surface area contributed by atoms with Crippen LogP contribution in [-0.4, -0.2) is 56.5 Å². The third-order valence-electron chi connectivity index (χ3n) is 4.49. The molecule has 1 aliphatic heterocycles. The average Bonchev–Trinajstić information content (AvgIpc) is 2.59. The van der Waals surface area contributed by atoms with Gasteiger partial charge in [-0.05, 0) is 58.1 Å². The zero-order valence-electron chi connectivity index (χ0n) is 15.5. The molecular formula is C19H30N4O2. The van der Waals surface area contributed by atoms with Gasteiger partial charge in [0.05, 0.1) is 0 Å². The number of nitrogens with one attached hydrogen (secondary N) is 3. The van der Waals surface area contributed by atoms with Gasteiger partial charge in [0.25, 0.3) is 5.91 Å². The summed E-state index contributed by atoms with van der Waals surface area (Å²) in [4.78, 5) is 26.5. The number of piperidine rings is 1. The van der Waals surface area contributed by atoms with Crippen LogP contribution < -0.4 is 16.0 Å². The van der Waals surface area contributed by atoms with Crippen molar-refractivity contribution in [1.82, 2.24) is 20.9 Å². The summed E-state index contributed by atoms with van der Waals surface area (Å²) in [7, 11) is 3.94. The summed E-state index contributed by atoms with van der Waals surface area (Å²) < 4.78 is 0. The molecule has 0 radical (unpaired) electrons. The minimum absolute atomic E-state index is 0.0776. The first-order chi connectivity index (χ1) is 12.0. The van der Waals surface area contributed by atoms with E-state index in [0.29, 0.717) is 24.7 Å². The Bertz CT molecular complexity index is 589. The van der Waals surface area contributed by atoms with Crippen molar-refractivity contribution in [2.24, 2.45) is 5.92 Å². The molecule has 2 amide bonds. The minimum Gasteiger partial charge on any atom is -0.352 e. The van der Waals surface area contributed by atoms with Crippen molar-refractivity contribution in [2.45, 2.75) is 32.4 Å². The van der Waals surface area contributed by atoms with Crippen molar-refractivity contribution >= 4 is 11.8 Å². The van der Waals surface area contributed by atoms with E-state index in [4.69, 9.17) is 0 Å². The summed E-state index contributed by atoms with van der Waals surface area (Å²) in [6, 6.07) is 7.82. The smallest absolute Gasteiger partial charge is 0.251 e. The van der Waals surface area contributed by atoms with Gasteiger partial charge in [-0.2, -0.15) is 0 Å². The lowest BCUT2D eigenvalue weighted by Gasteiger charge is -2.27. The Morgan fingerprint density at radius 2 is 2.08 bits per heavy atom. The van der Waals surface area contributed by atoms with Crippen molar-refractivity contribution in [3.63, 3.8) is 0 Å². The molecule has 3 N–H and O–H groups in total. The van der Waals surface area contributed by atoms with E-state index in [1.807, 2.05) is 37.2 Å². The minimum atomic E-state index is -0.0813. The Hall–Kier alpha value is -1.92. The maximum atomic E-state index is 12.3. The average molecular weight is 346 g/mol. The summed E-state index contributed by atoms with van der Waals surface area (Å²) in [5, 5.41) is 9.27. The molecule has 1 aliphatic rings. The van der Waals surface area contributed by atoms with E-state index in [0.717, 1.165) is 31.5 Å². The van der Waals surface area contributed by atoms with Gasteiger partial charge in [-0.1, -0.05) is 12.1 Å². The third kappa shape index (κ3) is 6.48. The molecule has 2 atom stereocenters. The summed E-state index contributed by atoms with van der Waals surface area (Å²) in [5.41, 5.74) is 1.57. The van der Waals surface area contributed by atoms with Crippen molar-refractivity contribution in [1.29, 1.82) is 0 Å². The maximum absolute atomic E-state index is 12.3. The highest BCUT2D eigenvalue weighted by Crippen LogP contribution is 2.16. The molecule has 25 heavy (non-hydrogen) atoms. The fourth-order valence-electron chi connectivity index (χ4n) is 3.02. The fourth-order valence-corrected chi connectivity index (χ4v) is 3.02. The van der Waals surface area contributed by atoms with E-state index in [2.05, 4.69) is 22.9 Å². The number of amides is 2. The van der Waals surface area contributed by atoms with E-state index < -0.39 is 0 Å². The van der Waals surface area contributed by atoms with Crippen LogP contribution in [0, 0.1) is 5.92 Å². The second-order valence-corrected chi connectivity index (χ2v) is 7.05. The zero-order valence-corrected chi connectivity index (χ0v) is 15.5. The Balaban J connectivity index is 1.84. The number of carbonyl (C=O) groups excluding carboxylic acids is 2. The molecule has 1 aromatic rings. The molecule has 0 bridgehead atoms. The lowest BCUT2D eigenvalue weighted by Crippen LogP contribution is -2.42. The molecule has 6 nitrogen and oxygen atoms in total. The standard InChI is InChI=1S/C19H30N4O2/c1-14-11-17(7-8-20-14)19(25)22-13-15-5-4-6-16(12-15)18(24)21-9-10-23(2)3/h4-6,12,14,17,20H,7-11,13H2,1-3H3,(H,21,24)(H,22,25)/t14-,17-/m0/s1. The third-order valence-corrected chi connectivity index (χ3v) is 4.49. The van der Waals surface area contributed by atoms with Crippen molar-refractivity contribution < 1.29 is 9.59 Å². The molecule has 1 saturated heterocycles. The second kappa shape index (κ2) is 9.53. The number of likely N-dealkylation sites (N-methyl/N-ethyl adjacent to an activating group) is 1. The molecule has 138 valence electrons. The van der Waals surface area contributed by atoms with E-state index in [-0.39, 0.29) is 17.7 Å². The van der Waals surface area contributed by atoms with Gasteiger partial charge in [-0.15, -0.1) is 0 Å². The van der Waals surface area contributed by atoms with E-state index in [9.17, 15) is 9.59 Å². The largest absolute Gasteiger partial charge is 0.352 e. The molecular weight excluding hydrogens is 316 g/mol. The van der Waals surface area contributed by atoms with Gasteiger partial charge >= 0.3 is 0 Å². The van der Waals surface area contributed by atoms with Crippen LogP contribution in [0.1, 0.15) is 35.7 Å². The van der Waals surface area contributed by atoms with Gasteiger partial charge in [-0.25, -0.2) is 0 Å². The van der Waals surface area contributed by atoms with Crippen LogP contribution in [0.5, 0.6) is 0 Å². The first-order valence-electron chi connectivity index (χ1n) is 8.98. The maximum Gasteiger partial charge on any atom is 0.251 e. The van der Waals surface area contributed by atoms with Gasteiger partial charge in [0.15, 0.2) is 0 Å². The highest BCUT2D eigenvalue weighted by atomic mass is 16.2. The molecule has 0 unspecified atom stereocenters. The first-order valence-corrected chi connectivity index (χ1v) is 8.98. The number of nitrogens with zero attached hydrogens (tertiary/aromatic N) is 1. The summed E-state index contributed by atoms with van der Waals surface area (Å²) in [5.74, 6) is 0.102. The lowest BCUT2D eigenvalue weighted by atomic mass is 9.92. The summed E-state index contributed by atoms with van der Waals surface area (Å²) in [6.07, 6.45) is 1.75. The number of benzene rings is 1. The number of carbonyl (C=O) groups is 2. The Labute approximate surface area is 150 Å². The Morgan fingerprint density at radius 1 is 1.28 bits per heavy atom. The lowest BCUT2D eigenvalue weighted by molar-refractivity contribution is -0.126. The Morgan fingerprint density at radius 3 is 2.80 bits per heavy atom. The van der Waals surface area contributed by atoms with E-state index in [1.54, 1.807) is 6.07 Å². The first kappa shape index (κ1) is 19.4. The molecule has 2 rings (SSSR count). The molecule has 0 aliphatic carbocycles. The Kier molecular flexibility index (Phi) is 7.40. The van der Waals surface area contributed by atoms with E-state index in [1.165, 1.54) is 0 Å². The molecule has 1 fully saturated rings. The molecule has 0 aromatic heterocycles. The summed E-state index contributed by atoms with van der Waals surface area (Å²) >= 11 is 0. The van der Waals surface area contributed by atoms with Gasteiger partial charge in [0, 0.05) is 37.2 Å². The normalized spacial score (nSPS) is 20.3. The molecule has 1 heterocycles. The molecule has 0 saturated carbocycles. The number of rotatable bonds is 7. The number of hydrogen-bond acceptors (Lipinski definition) is 4. The van der Waals surface area contributed by atoms with Crippen molar-refractivity contribution in [3.8, 4) is 0 Å². The highest BCUT2D eigenvalue weighted by Gasteiger charge is 2.24. The number of hydrogen-bond donors (Lipinski definition) is 3. The van der Waals surface area contributed by atoms with Gasteiger partial charge < -0.3 is 20.9 Å². The predicted octanol–water partition coefficient (Wildman–Crippen LogP) is 0.982. The van der Waals surface area contributed by atoms with E-state index >= 15 is 0 Å². The molecule has 1 aromatic carbocycles. The van der Waals surface area contributed by atoms with Crippen LogP contribution in [0.4, 0.5) is 0 Å². The monoisotopic (exact) mass is 346 g/mol. The van der Waals surface area contributed by atoms with Gasteiger partial charge in [-0.3, -0.25) is 9.59 Å². The topological polar surface area (TPSA) is 73.5 Å². The van der Waals surface area contributed by atoms with Crippen LogP contribution in [0.15, 0.2) is 24.3 Å². The van der Waals surface area contributed by atoms with Crippen molar-refractivity contribution in [2.75, 3.05) is 33.7 Å². The van der Waals surface area contributed by atoms with Crippen LogP contribution in [-0.2, 0) is 11.3 Å². The van der Waals surface area contributed by atoms with Gasteiger partial charge in [0.2, 0.25) is 5.91 Å². The van der Waals surface area contributed by atoms with Crippen LogP contribution in [0.3, 0.4) is 0 Å². The highest BCUT2D eigenvalue weighted by molar-refractivity contribution is 5.94. The van der Waals surface area contributed by atoms with Crippen LogP contribution >= 0.6 is 0 Å². The van der Waals surface area contributed by atoms with Crippen molar-refractivity contribution in [3.05, 3.63) is 35.4 Å². The fraction of sp³-hybridized carbons (Fsp3) is 0.579. The second-order valence-electron chi connectivity index (χ2n) is 7.05. The zero-order chi connectivity index (χ0) is 18.2. The SMILES string of the molecule is C[C@H]1C[C@@H](C(=O)NCc2cccc(C(=O)NCCN(C)C)c2)CCN1. The van der Waals surface area contributed by atoms with Crippen LogP contribution in [0.2, 0.25) is 0 Å². The summed E-state index contributed by atoms with van der Waals surface area (Å²) in [6.45, 7) is 4.87. The quantitative estimate of drug-likeness (QED) is 0.688. The van der Waals surface area contributed by atoms with Gasteiger partial charge in [0.1, 0.15) is 0 Å². The van der Waals surface area contributed by atoms with Crippen LogP contribution in [0.25, 0.3) is 0 Å².